The van der Waals surface area contributed by atoms with E-state index in [0.717, 1.165) is 68.1 Å². The molecule has 0 aromatic rings. The minimum absolute atomic E-state index is 0.394. The van der Waals surface area contributed by atoms with E-state index in [-0.39, 0.29) is 0 Å². The molecule has 30 heavy (non-hydrogen) atoms. The molecular formula is C23H32BrN3O3. The highest BCUT2D eigenvalue weighted by molar-refractivity contribution is 9.09. The van der Waals surface area contributed by atoms with Gasteiger partial charge in [0.25, 0.3) is 0 Å². The van der Waals surface area contributed by atoms with Crippen LogP contribution in [0.2, 0.25) is 0 Å². The molecule has 1 N–H and O–H groups in total. The van der Waals surface area contributed by atoms with Crippen LogP contribution in [0.25, 0.3) is 0 Å². The van der Waals surface area contributed by atoms with E-state index in [9.17, 15) is 9.90 Å². The lowest BCUT2D eigenvalue weighted by atomic mass is 9.87. The van der Waals surface area contributed by atoms with Crippen LogP contribution in [0.1, 0.15) is 58.8 Å². The summed E-state index contributed by atoms with van der Waals surface area (Å²) in [7, 11) is 0. The minimum Gasteiger partial charge on any atom is -0.470 e. The molecule has 0 radical (unpaired) electrons. The molecule has 1 unspecified atom stereocenters. The number of allylic oxidation sites excluding steroid dienone is 1. The molecule has 1 saturated heterocycles. The Morgan fingerprint density at radius 3 is 2.83 bits per heavy atom. The molecule has 1 atom stereocenters. The summed E-state index contributed by atoms with van der Waals surface area (Å²) in [4.78, 5) is 14.7. The van der Waals surface area contributed by atoms with Crippen molar-refractivity contribution in [2.75, 3.05) is 25.0 Å². The first kappa shape index (κ1) is 21.3. The zero-order chi connectivity index (χ0) is 21.3. The number of hydrogen-bond acceptors (Lipinski definition) is 4. The van der Waals surface area contributed by atoms with Crippen LogP contribution < -0.4 is 0 Å². The third-order valence-electron chi connectivity index (χ3n) is 6.70. The van der Waals surface area contributed by atoms with E-state index >= 15 is 0 Å². The van der Waals surface area contributed by atoms with Crippen molar-refractivity contribution in [1.29, 1.82) is 0 Å². The second-order valence-electron chi connectivity index (χ2n) is 8.53. The molecule has 0 saturated carbocycles. The maximum Gasteiger partial charge on any atom is 0.426 e. The lowest BCUT2D eigenvalue weighted by Gasteiger charge is -2.33. The normalized spacial score (nSPS) is 28.4. The summed E-state index contributed by atoms with van der Waals surface area (Å²) in [6, 6.07) is 0.407. The number of hydrazine groups is 1. The third kappa shape index (κ3) is 3.88. The van der Waals surface area contributed by atoms with Gasteiger partial charge in [-0.05, 0) is 68.6 Å². The molecule has 0 spiro atoms. The smallest absolute Gasteiger partial charge is 0.426 e. The van der Waals surface area contributed by atoms with Gasteiger partial charge in [0.05, 0.1) is 18.5 Å². The quantitative estimate of drug-likeness (QED) is 0.551. The van der Waals surface area contributed by atoms with Crippen LogP contribution >= 0.6 is 15.9 Å². The van der Waals surface area contributed by atoms with Gasteiger partial charge in [-0.25, -0.2) is 9.80 Å². The van der Waals surface area contributed by atoms with Crippen molar-refractivity contribution >= 4 is 22.0 Å². The molecule has 7 heteroatoms. The van der Waals surface area contributed by atoms with Crippen LogP contribution in [0.5, 0.6) is 0 Å². The van der Waals surface area contributed by atoms with Gasteiger partial charge in [-0.1, -0.05) is 22.9 Å². The van der Waals surface area contributed by atoms with Crippen LogP contribution in [0.3, 0.4) is 0 Å². The van der Waals surface area contributed by atoms with Crippen molar-refractivity contribution in [2.24, 2.45) is 0 Å². The lowest BCUT2D eigenvalue weighted by Crippen LogP contribution is -2.40. The summed E-state index contributed by atoms with van der Waals surface area (Å²) in [5.74, 6) is 0. The van der Waals surface area contributed by atoms with Crippen molar-refractivity contribution in [3.63, 3.8) is 0 Å². The van der Waals surface area contributed by atoms with Crippen molar-refractivity contribution in [1.82, 2.24) is 14.9 Å². The predicted molar refractivity (Wildman–Crippen MR) is 121 cm³/mol. The molecule has 4 rings (SSSR count). The first-order valence-corrected chi connectivity index (χ1v) is 12.3. The molecule has 1 aliphatic carbocycles. The van der Waals surface area contributed by atoms with Gasteiger partial charge in [-0.2, -0.15) is 0 Å². The highest BCUT2D eigenvalue weighted by Crippen LogP contribution is 2.45. The number of alkyl halides is 1. The number of ether oxygens (including phenoxy) is 1. The van der Waals surface area contributed by atoms with E-state index in [1.165, 1.54) is 21.9 Å². The largest absolute Gasteiger partial charge is 0.470 e. The average Bonchev–Trinajstić information content (AvgIpc) is 3.32. The maximum absolute atomic E-state index is 12.1. The van der Waals surface area contributed by atoms with E-state index in [1.807, 2.05) is 11.3 Å². The van der Waals surface area contributed by atoms with Gasteiger partial charge in [0, 0.05) is 35.7 Å². The SMILES string of the molecule is CC/C1=C/OC=C2/C(=C3/CCCC4=C3N(CC4)C(C)C1)CN(C(=O)O)N2CCCBr. The number of fused-ring (bicyclic) bond motifs is 1. The van der Waals surface area contributed by atoms with E-state index in [2.05, 4.69) is 34.7 Å². The van der Waals surface area contributed by atoms with Crippen molar-refractivity contribution in [2.45, 2.75) is 64.8 Å². The fourth-order valence-corrected chi connectivity index (χ4v) is 5.47. The zero-order valence-electron chi connectivity index (χ0n) is 18.0. The molecule has 3 heterocycles. The molecule has 164 valence electrons. The fraction of sp³-hybridized carbons (Fsp3) is 0.609. The monoisotopic (exact) mass is 477 g/mol. The Hall–Kier alpha value is -1.89. The summed E-state index contributed by atoms with van der Waals surface area (Å²) in [5.41, 5.74) is 7.59. The molecule has 6 nitrogen and oxygen atoms in total. The Labute approximate surface area is 187 Å². The second kappa shape index (κ2) is 9.08. The average molecular weight is 478 g/mol. The topological polar surface area (TPSA) is 56.3 Å². The van der Waals surface area contributed by atoms with E-state index in [0.29, 0.717) is 19.1 Å². The van der Waals surface area contributed by atoms with Crippen LogP contribution in [-0.4, -0.2) is 57.1 Å². The fourth-order valence-electron chi connectivity index (χ4n) is 5.22. The highest BCUT2D eigenvalue weighted by atomic mass is 79.9. The first-order chi connectivity index (χ1) is 14.5. The van der Waals surface area contributed by atoms with Gasteiger partial charge in [0.1, 0.15) is 6.26 Å². The van der Waals surface area contributed by atoms with Crippen LogP contribution in [0, 0.1) is 0 Å². The van der Waals surface area contributed by atoms with Crippen molar-refractivity contribution in [3.8, 4) is 0 Å². The zero-order valence-corrected chi connectivity index (χ0v) is 19.6. The molecule has 1 amide bonds. The number of amides is 1. The molecule has 1 fully saturated rings. The molecule has 0 aromatic carbocycles. The molecule has 0 aromatic heterocycles. The summed E-state index contributed by atoms with van der Waals surface area (Å²) < 4.78 is 5.96. The van der Waals surface area contributed by atoms with E-state index in [4.69, 9.17) is 4.74 Å². The van der Waals surface area contributed by atoms with Crippen molar-refractivity contribution < 1.29 is 14.6 Å². The Morgan fingerprint density at radius 1 is 1.27 bits per heavy atom. The Balaban J connectivity index is 1.86. The van der Waals surface area contributed by atoms with Gasteiger partial charge in [0.2, 0.25) is 0 Å². The number of carboxylic acid groups (broad SMARTS) is 1. The van der Waals surface area contributed by atoms with Gasteiger partial charge < -0.3 is 14.7 Å². The van der Waals surface area contributed by atoms with Crippen molar-refractivity contribution in [3.05, 3.63) is 46.2 Å². The van der Waals surface area contributed by atoms with Gasteiger partial charge in [0.15, 0.2) is 0 Å². The Morgan fingerprint density at radius 2 is 2.10 bits per heavy atom. The van der Waals surface area contributed by atoms with Gasteiger partial charge >= 0.3 is 6.09 Å². The number of halogens is 1. The molecule has 3 aliphatic heterocycles. The molecule has 4 aliphatic rings. The second-order valence-corrected chi connectivity index (χ2v) is 9.33. The summed E-state index contributed by atoms with van der Waals surface area (Å²) in [5, 5.41) is 14.1. The number of carbonyl (C=O) groups is 1. The van der Waals surface area contributed by atoms with E-state index < -0.39 is 6.09 Å². The summed E-state index contributed by atoms with van der Waals surface area (Å²) in [6.07, 6.45) is 9.98. The maximum atomic E-state index is 12.1. The molecule has 0 bridgehead atoms. The predicted octanol–water partition coefficient (Wildman–Crippen LogP) is 5.37. The highest BCUT2D eigenvalue weighted by Gasteiger charge is 2.39. The molecular weight excluding hydrogens is 446 g/mol. The Kier molecular flexibility index (Phi) is 6.46. The summed E-state index contributed by atoms with van der Waals surface area (Å²) >= 11 is 3.49. The van der Waals surface area contributed by atoms with Crippen LogP contribution in [0.15, 0.2) is 46.2 Å². The Bertz CT molecular complexity index is 830. The number of hydrogen-bond donors (Lipinski definition) is 1. The minimum atomic E-state index is -0.912. The summed E-state index contributed by atoms with van der Waals surface area (Å²) in [6.45, 7) is 6.58. The van der Waals surface area contributed by atoms with Crippen LogP contribution in [0.4, 0.5) is 4.79 Å². The van der Waals surface area contributed by atoms with Gasteiger partial charge in [-0.3, -0.25) is 5.01 Å². The lowest BCUT2D eigenvalue weighted by molar-refractivity contribution is 0.0481. The number of nitrogens with zero attached hydrogens (tertiary/aromatic N) is 3. The first-order valence-electron chi connectivity index (χ1n) is 11.1. The van der Waals surface area contributed by atoms with Crippen LogP contribution in [-0.2, 0) is 4.74 Å². The third-order valence-corrected chi connectivity index (χ3v) is 7.26. The standard InChI is InChI=1S/C23H32BrN3O3/c1-3-17-12-16(2)25-11-8-18-6-4-7-19(22(18)25)20-13-27(23(28)29)26(10-5-9-24)21(20)15-30-14-17/h14-16H,3-13H2,1-2H3,(H,28,29)/b17-14-,20-19-,21-15?. The number of rotatable bonds is 4. The van der Waals surface area contributed by atoms with Gasteiger partial charge in [-0.15, -0.1) is 0 Å². The van der Waals surface area contributed by atoms with E-state index in [1.54, 1.807) is 11.8 Å².